The van der Waals surface area contributed by atoms with E-state index in [1.54, 1.807) is 12.3 Å². The van der Waals surface area contributed by atoms with E-state index < -0.39 is 0 Å². The van der Waals surface area contributed by atoms with Crippen LogP contribution in [0.2, 0.25) is 5.15 Å². The predicted molar refractivity (Wildman–Crippen MR) is 56.6 cm³/mol. The Morgan fingerprint density at radius 1 is 1.40 bits per heavy atom. The molecule has 3 rings (SSSR count). The highest BCUT2D eigenvalue weighted by molar-refractivity contribution is 6.30. The van der Waals surface area contributed by atoms with Gasteiger partial charge in [-0.25, -0.2) is 9.97 Å². The van der Waals surface area contributed by atoms with Crippen molar-refractivity contribution in [3.05, 3.63) is 36.1 Å². The Morgan fingerprint density at radius 2 is 2.33 bits per heavy atom. The van der Waals surface area contributed by atoms with Crippen LogP contribution in [0.3, 0.4) is 0 Å². The number of fused-ring (bicyclic) bond motifs is 1. The SMILES string of the molecule is Clc1cc(-c2cnco2)c2[nH]ccc2n1. The highest BCUT2D eigenvalue weighted by Crippen LogP contribution is 2.28. The highest BCUT2D eigenvalue weighted by Gasteiger charge is 2.10. The minimum absolute atomic E-state index is 0.438. The largest absolute Gasteiger partial charge is 0.443 e. The van der Waals surface area contributed by atoms with Gasteiger partial charge in [0.25, 0.3) is 0 Å². The molecule has 3 aromatic heterocycles. The summed E-state index contributed by atoms with van der Waals surface area (Å²) in [5, 5.41) is 0.438. The fraction of sp³-hybridized carbons (Fsp3) is 0. The van der Waals surface area contributed by atoms with Crippen molar-refractivity contribution in [3.63, 3.8) is 0 Å². The molecule has 0 amide bonds. The molecular weight excluding hydrogens is 214 g/mol. The quantitative estimate of drug-likeness (QED) is 0.641. The molecule has 0 aliphatic carbocycles. The molecule has 0 fully saturated rings. The Kier molecular flexibility index (Phi) is 1.76. The standard InChI is InChI=1S/C10H6ClN3O/c11-9-3-6(8-4-12-5-15-8)10-7(14-9)1-2-13-10/h1-5,13H. The number of hydrogen-bond donors (Lipinski definition) is 1. The number of oxazole rings is 1. The van der Waals surface area contributed by atoms with Crippen molar-refractivity contribution in [2.45, 2.75) is 0 Å². The number of aromatic nitrogens is 3. The maximum absolute atomic E-state index is 5.91. The van der Waals surface area contributed by atoms with Gasteiger partial charge in [0.2, 0.25) is 0 Å². The molecule has 4 nitrogen and oxygen atoms in total. The third-order valence-electron chi connectivity index (χ3n) is 2.18. The van der Waals surface area contributed by atoms with Crippen LogP contribution in [-0.2, 0) is 0 Å². The lowest BCUT2D eigenvalue weighted by molar-refractivity contribution is 0.572. The zero-order chi connectivity index (χ0) is 10.3. The van der Waals surface area contributed by atoms with E-state index in [2.05, 4.69) is 15.0 Å². The minimum atomic E-state index is 0.438. The maximum atomic E-state index is 5.91. The average molecular weight is 220 g/mol. The van der Waals surface area contributed by atoms with Gasteiger partial charge >= 0.3 is 0 Å². The Labute approximate surface area is 89.9 Å². The first-order valence-electron chi connectivity index (χ1n) is 4.37. The van der Waals surface area contributed by atoms with Gasteiger partial charge in [0.15, 0.2) is 12.2 Å². The molecule has 0 spiro atoms. The summed E-state index contributed by atoms with van der Waals surface area (Å²) in [4.78, 5) is 11.1. The summed E-state index contributed by atoms with van der Waals surface area (Å²) in [5.41, 5.74) is 2.58. The molecule has 5 heteroatoms. The zero-order valence-electron chi connectivity index (χ0n) is 7.57. The first-order valence-corrected chi connectivity index (χ1v) is 4.75. The van der Waals surface area contributed by atoms with Crippen molar-refractivity contribution in [1.82, 2.24) is 15.0 Å². The van der Waals surface area contributed by atoms with Gasteiger partial charge in [-0.2, -0.15) is 0 Å². The molecule has 0 radical (unpaired) electrons. The van der Waals surface area contributed by atoms with Crippen LogP contribution in [-0.4, -0.2) is 15.0 Å². The van der Waals surface area contributed by atoms with E-state index >= 15 is 0 Å². The van der Waals surface area contributed by atoms with Crippen LogP contribution >= 0.6 is 11.6 Å². The molecule has 0 unspecified atom stereocenters. The van der Waals surface area contributed by atoms with Gasteiger partial charge < -0.3 is 9.40 Å². The van der Waals surface area contributed by atoms with Gasteiger partial charge in [-0.3, -0.25) is 0 Å². The van der Waals surface area contributed by atoms with E-state index in [1.807, 2.05) is 12.3 Å². The third kappa shape index (κ3) is 1.30. The summed E-state index contributed by atoms with van der Waals surface area (Å²) in [6, 6.07) is 3.61. The minimum Gasteiger partial charge on any atom is -0.443 e. The second-order valence-electron chi connectivity index (χ2n) is 3.10. The Bertz CT molecular complexity index is 600. The lowest BCUT2D eigenvalue weighted by atomic mass is 10.2. The fourth-order valence-electron chi connectivity index (χ4n) is 1.55. The van der Waals surface area contributed by atoms with Crippen molar-refractivity contribution in [1.29, 1.82) is 0 Å². The van der Waals surface area contributed by atoms with Gasteiger partial charge in [0.1, 0.15) is 5.15 Å². The molecule has 0 bridgehead atoms. The van der Waals surface area contributed by atoms with Gasteiger partial charge in [-0.05, 0) is 12.1 Å². The van der Waals surface area contributed by atoms with E-state index in [4.69, 9.17) is 16.0 Å². The molecule has 3 aromatic rings. The van der Waals surface area contributed by atoms with E-state index in [1.165, 1.54) is 6.39 Å². The van der Waals surface area contributed by atoms with Crippen LogP contribution in [0.5, 0.6) is 0 Å². The summed E-state index contributed by atoms with van der Waals surface area (Å²) in [6.07, 6.45) is 4.85. The number of nitrogens with zero attached hydrogens (tertiary/aromatic N) is 2. The molecule has 74 valence electrons. The fourth-order valence-corrected chi connectivity index (χ4v) is 1.75. The number of hydrogen-bond acceptors (Lipinski definition) is 3. The second kappa shape index (κ2) is 3.10. The number of halogens is 1. The van der Waals surface area contributed by atoms with Gasteiger partial charge in [-0.1, -0.05) is 11.6 Å². The van der Waals surface area contributed by atoms with Crippen LogP contribution < -0.4 is 0 Å². The van der Waals surface area contributed by atoms with Gasteiger partial charge in [0.05, 0.1) is 17.2 Å². The Balaban J connectivity index is 2.38. The van der Waals surface area contributed by atoms with E-state index in [-0.39, 0.29) is 0 Å². The molecular formula is C10H6ClN3O. The van der Waals surface area contributed by atoms with E-state index in [0.717, 1.165) is 16.6 Å². The van der Waals surface area contributed by atoms with Crippen LogP contribution in [0, 0.1) is 0 Å². The van der Waals surface area contributed by atoms with Crippen molar-refractivity contribution in [3.8, 4) is 11.3 Å². The van der Waals surface area contributed by atoms with Crippen molar-refractivity contribution in [2.24, 2.45) is 0 Å². The lowest BCUT2D eigenvalue weighted by Gasteiger charge is -1.99. The summed E-state index contributed by atoms with van der Waals surface area (Å²) in [6.45, 7) is 0. The average Bonchev–Trinajstić information content (AvgIpc) is 2.86. The van der Waals surface area contributed by atoms with Crippen LogP contribution in [0.25, 0.3) is 22.4 Å². The molecule has 0 aromatic carbocycles. The lowest BCUT2D eigenvalue weighted by Crippen LogP contribution is -1.82. The molecule has 3 heterocycles. The van der Waals surface area contributed by atoms with E-state index in [9.17, 15) is 0 Å². The Morgan fingerprint density at radius 3 is 3.13 bits per heavy atom. The molecule has 0 aliphatic heterocycles. The second-order valence-corrected chi connectivity index (χ2v) is 3.48. The first kappa shape index (κ1) is 8.49. The summed E-state index contributed by atoms with van der Waals surface area (Å²) >= 11 is 5.91. The predicted octanol–water partition coefficient (Wildman–Crippen LogP) is 2.87. The number of pyridine rings is 1. The maximum Gasteiger partial charge on any atom is 0.181 e. The summed E-state index contributed by atoms with van der Waals surface area (Å²) in [5.74, 6) is 0.673. The molecule has 0 atom stereocenters. The highest BCUT2D eigenvalue weighted by atomic mass is 35.5. The normalized spacial score (nSPS) is 11.0. The number of nitrogens with one attached hydrogen (secondary N) is 1. The van der Waals surface area contributed by atoms with Crippen LogP contribution in [0.15, 0.2) is 35.3 Å². The van der Waals surface area contributed by atoms with Crippen molar-refractivity contribution < 1.29 is 4.42 Å². The smallest absolute Gasteiger partial charge is 0.181 e. The van der Waals surface area contributed by atoms with Crippen molar-refractivity contribution in [2.75, 3.05) is 0 Å². The molecule has 1 N–H and O–H groups in total. The van der Waals surface area contributed by atoms with Crippen LogP contribution in [0.4, 0.5) is 0 Å². The van der Waals surface area contributed by atoms with E-state index in [0.29, 0.717) is 10.9 Å². The first-order chi connectivity index (χ1) is 7.34. The van der Waals surface area contributed by atoms with Crippen LogP contribution in [0.1, 0.15) is 0 Å². The topological polar surface area (TPSA) is 54.7 Å². The molecule has 0 saturated carbocycles. The zero-order valence-corrected chi connectivity index (χ0v) is 8.32. The monoisotopic (exact) mass is 219 g/mol. The van der Waals surface area contributed by atoms with Gasteiger partial charge in [0, 0.05) is 11.8 Å². The molecule has 0 aliphatic rings. The molecule has 0 saturated heterocycles. The molecule has 15 heavy (non-hydrogen) atoms. The number of H-pyrrole nitrogens is 1. The number of rotatable bonds is 1. The third-order valence-corrected chi connectivity index (χ3v) is 2.38. The van der Waals surface area contributed by atoms with Crippen molar-refractivity contribution >= 4 is 22.6 Å². The summed E-state index contributed by atoms with van der Waals surface area (Å²) in [7, 11) is 0. The Hall–Kier alpha value is -1.81. The number of aromatic amines is 1. The van der Waals surface area contributed by atoms with Gasteiger partial charge in [-0.15, -0.1) is 0 Å². The summed E-state index contributed by atoms with van der Waals surface area (Å²) < 4.78 is 5.23.